The number of carbonyl (C=O) groups excluding carboxylic acids is 2. The summed E-state index contributed by atoms with van der Waals surface area (Å²) >= 11 is 0. The van der Waals surface area contributed by atoms with E-state index >= 15 is 0 Å². The summed E-state index contributed by atoms with van der Waals surface area (Å²) < 4.78 is 17.1. The third-order valence-corrected chi connectivity index (χ3v) is 4.85. The number of methoxy groups -OCH3 is 1. The number of benzene rings is 1. The van der Waals surface area contributed by atoms with Crippen molar-refractivity contribution in [1.82, 2.24) is 9.47 Å². The van der Waals surface area contributed by atoms with Gasteiger partial charge in [0, 0.05) is 31.6 Å². The van der Waals surface area contributed by atoms with Crippen LogP contribution in [0.15, 0.2) is 27.4 Å². The summed E-state index contributed by atoms with van der Waals surface area (Å²) in [6, 6.07) is 5.22. The van der Waals surface area contributed by atoms with Crippen molar-refractivity contribution in [1.29, 1.82) is 0 Å². The van der Waals surface area contributed by atoms with Crippen LogP contribution in [0, 0.1) is 0 Å². The number of oxazole rings is 1. The predicted molar refractivity (Wildman–Crippen MR) is 97.7 cm³/mol. The summed E-state index contributed by atoms with van der Waals surface area (Å²) in [5.74, 6) is -0.160. The lowest BCUT2D eigenvalue weighted by Gasteiger charge is -2.32. The van der Waals surface area contributed by atoms with Gasteiger partial charge in [0.25, 0.3) is 0 Å². The van der Waals surface area contributed by atoms with Crippen LogP contribution >= 0.6 is 0 Å². The quantitative estimate of drug-likeness (QED) is 0.717. The highest BCUT2D eigenvalue weighted by Crippen LogP contribution is 2.28. The molecule has 146 valence electrons. The fourth-order valence-corrected chi connectivity index (χ4v) is 3.46. The molecule has 1 aromatic heterocycles. The van der Waals surface area contributed by atoms with Crippen LogP contribution in [0.3, 0.4) is 0 Å². The van der Waals surface area contributed by atoms with E-state index in [2.05, 4.69) is 0 Å². The van der Waals surface area contributed by atoms with Crippen LogP contribution in [0.2, 0.25) is 0 Å². The van der Waals surface area contributed by atoms with E-state index < -0.39 is 5.76 Å². The van der Waals surface area contributed by atoms with Gasteiger partial charge in [0.2, 0.25) is 5.91 Å². The molecule has 1 fully saturated rings. The van der Waals surface area contributed by atoms with Gasteiger partial charge in [0.1, 0.15) is 5.75 Å². The topological polar surface area (TPSA) is 91.0 Å². The lowest BCUT2D eigenvalue weighted by molar-refractivity contribution is -0.146. The average Bonchev–Trinajstić information content (AvgIpc) is 3.01. The highest BCUT2D eigenvalue weighted by atomic mass is 16.5. The zero-order chi connectivity index (χ0) is 19.4. The molecule has 8 nitrogen and oxygen atoms in total. The molecule has 2 heterocycles. The molecule has 1 aliphatic heterocycles. The largest absolute Gasteiger partial charge is 0.497 e. The smallest absolute Gasteiger partial charge is 0.420 e. The van der Waals surface area contributed by atoms with Crippen LogP contribution < -0.4 is 10.5 Å². The summed E-state index contributed by atoms with van der Waals surface area (Å²) in [5.41, 5.74) is 1.22. The number of hydrogen-bond acceptors (Lipinski definition) is 6. The first kappa shape index (κ1) is 19.0. The molecule has 1 aromatic carbocycles. The normalized spacial score (nSPS) is 15.1. The lowest BCUT2D eigenvalue weighted by atomic mass is 10.0. The van der Waals surface area contributed by atoms with Crippen molar-refractivity contribution in [2.45, 2.75) is 38.6 Å². The third-order valence-electron chi connectivity index (χ3n) is 4.85. The molecular weight excluding hydrogens is 352 g/mol. The molecule has 1 saturated heterocycles. The molecule has 0 N–H and O–H groups in total. The van der Waals surface area contributed by atoms with E-state index in [0.29, 0.717) is 49.4 Å². The van der Waals surface area contributed by atoms with Gasteiger partial charge in [0.15, 0.2) is 5.58 Å². The van der Waals surface area contributed by atoms with Crippen molar-refractivity contribution in [2.75, 3.05) is 26.8 Å². The van der Waals surface area contributed by atoms with Crippen LogP contribution in [-0.2, 0) is 14.3 Å². The van der Waals surface area contributed by atoms with Crippen LogP contribution in [0.25, 0.3) is 11.1 Å². The van der Waals surface area contributed by atoms with Crippen molar-refractivity contribution in [3.05, 3.63) is 28.7 Å². The number of amides is 1. The van der Waals surface area contributed by atoms with Gasteiger partial charge >= 0.3 is 11.7 Å². The Labute approximate surface area is 156 Å². The van der Waals surface area contributed by atoms with E-state index in [1.54, 1.807) is 41.7 Å². The molecule has 0 radical (unpaired) electrons. The molecule has 2 aromatic rings. The zero-order valence-corrected chi connectivity index (χ0v) is 15.6. The van der Waals surface area contributed by atoms with Crippen LogP contribution in [0.5, 0.6) is 5.75 Å². The Morgan fingerprint density at radius 3 is 2.63 bits per heavy atom. The van der Waals surface area contributed by atoms with Gasteiger partial charge in [-0.25, -0.2) is 4.79 Å². The summed E-state index contributed by atoms with van der Waals surface area (Å²) in [6.07, 6.45) is 1.54. The Hall–Kier alpha value is -2.77. The molecule has 1 aliphatic rings. The van der Waals surface area contributed by atoms with Gasteiger partial charge in [-0.15, -0.1) is 0 Å². The Bertz CT molecular complexity index is 876. The minimum atomic E-state index is -0.398. The molecule has 0 atom stereocenters. The molecule has 0 spiro atoms. The molecule has 0 unspecified atom stereocenters. The Morgan fingerprint density at radius 2 is 1.96 bits per heavy atom. The van der Waals surface area contributed by atoms with Gasteiger partial charge in [0.05, 0.1) is 25.7 Å². The van der Waals surface area contributed by atoms with Crippen molar-refractivity contribution >= 4 is 23.0 Å². The maximum atomic E-state index is 12.3. The second-order valence-corrected chi connectivity index (χ2v) is 6.49. The monoisotopic (exact) mass is 376 g/mol. The summed E-state index contributed by atoms with van der Waals surface area (Å²) in [6.45, 7) is 3.13. The first-order valence-electron chi connectivity index (χ1n) is 9.16. The minimum Gasteiger partial charge on any atom is -0.497 e. The van der Waals surface area contributed by atoms with E-state index in [1.165, 1.54) is 0 Å². The number of piperidine rings is 1. The van der Waals surface area contributed by atoms with E-state index in [4.69, 9.17) is 13.9 Å². The van der Waals surface area contributed by atoms with Gasteiger partial charge in [-0.05, 0) is 31.9 Å². The standard InChI is InChI=1S/C19H24N2O6/c1-3-26-18(23)7-6-17(22)20-10-8-13(9-11-20)21-15-12-14(25-2)4-5-16(15)27-19(21)24/h4-5,12-13H,3,6-11H2,1-2H3. The van der Waals surface area contributed by atoms with Crippen LogP contribution in [-0.4, -0.2) is 48.1 Å². The Balaban J connectivity index is 1.65. The van der Waals surface area contributed by atoms with Gasteiger partial charge in [-0.3, -0.25) is 14.2 Å². The third kappa shape index (κ3) is 4.15. The Kier molecular flexibility index (Phi) is 5.83. The fraction of sp³-hybridized carbons (Fsp3) is 0.526. The number of hydrogen-bond donors (Lipinski definition) is 0. The second-order valence-electron chi connectivity index (χ2n) is 6.49. The number of carbonyl (C=O) groups is 2. The van der Waals surface area contributed by atoms with Crippen LogP contribution in [0.4, 0.5) is 0 Å². The minimum absolute atomic E-state index is 0.0417. The van der Waals surface area contributed by atoms with E-state index in [1.807, 2.05) is 0 Å². The number of rotatable bonds is 6. The van der Waals surface area contributed by atoms with E-state index in [0.717, 1.165) is 0 Å². The maximum Gasteiger partial charge on any atom is 0.420 e. The number of fused-ring (bicyclic) bond motifs is 1. The van der Waals surface area contributed by atoms with Crippen molar-refractivity contribution in [3.63, 3.8) is 0 Å². The molecule has 1 amide bonds. The summed E-state index contributed by atoms with van der Waals surface area (Å²) in [5, 5.41) is 0. The summed E-state index contributed by atoms with van der Waals surface area (Å²) in [7, 11) is 1.57. The number of ether oxygens (including phenoxy) is 2. The first-order valence-corrected chi connectivity index (χ1v) is 9.16. The zero-order valence-electron chi connectivity index (χ0n) is 15.6. The molecule has 0 bridgehead atoms. The van der Waals surface area contributed by atoms with Crippen molar-refractivity contribution < 1.29 is 23.5 Å². The SMILES string of the molecule is CCOC(=O)CCC(=O)N1CCC(n2c(=O)oc3ccc(OC)cc32)CC1. The highest BCUT2D eigenvalue weighted by molar-refractivity contribution is 5.81. The predicted octanol–water partition coefficient (Wildman–Crippen LogP) is 2.11. The maximum absolute atomic E-state index is 12.3. The Morgan fingerprint density at radius 1 is 1.22 bits per heavy atom. The van der Waals surface area contributed by atoms with E-state index in [9.17, 15) is 14.4 Å². The molecule has 3 rings (SSSR count). The van der Waals surface area contributed by atoms with Gasteiger partial charge in [-0.2, -0.15) is 0 Å². The number of nitrogens with zero attached hydrogens (tertiary/aromatic N) is 2. The average molecular weight is 376 g/mol. The van der Waals surface area contributed by atoms with Gasteiger partial charge in [-0.1, -0.05) is 0 Å². The second kappa shape index (κ2) is 8.28. The number of aromatic nitrogens is 1. The molecule has 0 saturated carbocycles. The molecule has 8 heteroatoms. The molecule has 27 heavy (non-hydrogen) atoms. The molecule has 0 aliphatic carbocycles. The molecular formula is C19H24N2O6. The lowest BCUT2D eigenvalue weighted by Crippen LogP contribution is -2.40. The first-order chi connectivity index (χ1) is 13.0. The number of likely N-dealkylation sites (tertiary alicyclic amines) is 1. The fourth-order valence-electron chi connectivity index (χ4n) is 3.46. The van der Waals surface area contributed by atoms with Gasteiger partial charge < -0.3 is 18.8 Å². The van der Waals surface area contributed by atoms with Crippen molar-refractivity contribution in [3.8, 4) is 5.75 Å². The number of esters is 1. The van der Waals surface area contributed by atoms with Crippen LogP contribution in [0.1, 0.15) is 38.6 Å². The van der Waals surface area contributed by atoms with Crippen molar-refractivity contribution in [2.24, 2.45) is 0 Å². The summed E-state index contributed by atoms with van der Waals surface area (Å²) in [4.78, 5) is 37.7. The van der Waals surface area contributed by atoms with E-state index in [-0.39, 0.29) is 30.8 Å². The highest BCUT2D eigenvalue weighted by Gasteiger charge is 2.27.